The van der Waals surface area contributed by atoms with Gasteiger partial charge in [0.25, 0.3) is 5.69 Å². The molecule has 7 nitrogen and oxygen atoms in total. The molecule has 0 saturated carbocycles. The van der Waals surface area contributed by atoms with Crippen LogP contribution in [0.1, 0.15) is 24.0 Å². The lowest BCUT2D eigenvalue weighted by molar-refractivity contribution is -0.385. The smallest absolute Gasteiger partial charge is 0.273 e. The third-order valence-electron chi connectivity index (χ3n) is 4.17. The van der Waals surface area contributed by atoms with Crippen LogP contribution in [0.15, 0.2) is 17.0 Å². The lowest BCUT2D eigenvalue weighted by Gasteiger charge is -2.31. The van der Waals surface area contributed by atoms with Gasteiger partial charge in [0, 0.05) is 30.8 Å². The zero-order chi connectivity index (χ0) is 16.5. The van der Waals surface area contributed by atoms with E-state index in [0.29, 0.717) is 30.3 Å². The van der Waals surface area contributed by atoms with Crippen molar-refractivity contribution in [2.75, 3.05) is 20.1 Å². The lowest BCUT2D eigenvalue weighted by Crippen LogP contribution is -2.44. The maximum absolute atomic E-state index is 12.8. The summed E-state index contributed by atoms with van der Waals surface area (Å²) in [6.45, 7) is 4.13. The van der Waals surface area contributed by atoms with Gasteiger partial charge >= 0.3 is 0 Å². The van der Waals surface area contributed by atoms with Gasteiger partial charge in [0.1, 0.15) is 0 Å². The average molecular weight is 364 g/mol. The second-order valence-corrected chi connectivity index (χ2v) is 7.53. The van der Waals surface area contributed by atoms with Crippen molar-refractivity contribution in [1.82, 2.24) is 9.62 Å². The predicted molar refractivity (Wildman–Crippen MR) is 90.7 cm³/mol. The van der Waals surface area contributed by atoms with Gasteiger partial charge < -0.3 is 5.32 Å². The van der Waals surface area contributed by atoms with Gasteiger partial charge in [-0.25, -0.2) is 8.42 Å². The number of hydrogen-bond acceptors (Lipinski definition) is 5. The molecule has 1 aromatic carbocycles. The van der Waals surface area contributed by atoms with E-state index >= 15 is 0 Å². The predicted octanol–water partition coefficient (Wildman–Crippen LogP) is 2.01. The molecule has 1 aliphatic heterocycles. The number of nitrogens with one attached hydrogen (secondary N) is 1. The molecule has 1 aliphatic rings. The number of nitro benzene ring substituents is 1. The SMILES string of the molecule is CNC1CCN(S(=O)(=O)c2cc([N+](=O)[O-])c(C)cc2C)CC1.Cl. The Kier molecular flexibility index (Phi) is 6.52. The molecule has 0 bridgehead atoms. The van der Waals surface area contributed by atoms with E-state index < -0.39 is 14.9 Å². The second kappa shape index (κ2) is 7.57. The summed E-state index contributed by atoms with van der Waals surface area (Å²) in [5, 5.41) is 14.2. The van der Waals surface area contributed by atoms with E-state index in [1.807, 2.05) is 7.05 Å². The molecule has 23 heavy (non-hydrogen) atoms. The van der Waals surface area contributed by atoms with Crippen molar-refractivity contribution in [3.63, 3.8) is 0 Å². The van der Waals surface area contributed by atoms with Crippen LogP contribution in [0.3, 0.4) is 0 Å². The standard InChI is InChI=1S/C14H21N3O4S.ClH/c1-10-8-11(2)14(9-13(10)17(18)19)22(20,21)16-6-4-12(15-3)5-7-16;/h8-9,12,15H,4-7H2,1-3H3;1H. The van der Waals surface area contributed by atoms with Crippen molar-refractivity contribution in [3.8, 4) is 0 Å². The third-order valence-corrected chi connectivity index (χ3v) is 6.21. The van der Waals surface area contributed by atoms with Crippen LogP contribution in [-0.2, 0) is 10.0 Å². The molecule has 0 spiro atoms. The van der Waals surface area contributed by atoms with E-state index in [2.05, 4.69) is 5.32 Å². The maximum atomic E-state index is 12.8. The number of aryl methyl sites for hydroxylation is 2. The molecule has 2 rings (SSSR count). The quantitative estimate of drug-likeness (QED) is 0.652. The summed E-state index contributed by atoms with van der Waals surface area (Å²) in [5.41, 5.74) is 0.850. The van der Waals surface area contributed by atoms with Crippen molar-refractivity contribution < 1.29 is 13.3 Å². The van der Waals surface area contributed by atoms with E-state index in [4.69, 9.17) is 0 Å². The van der Waals surface area contributed by atoms with Crippen LogP contribution in [-0.4, -0.2) is 43.8 Å². The summed E-state index contributed by atoms with van der Waals surface area (Å²) < 4.78 is 27.0. The highest BCUT2D eigenvalue weighted by molar-refractivity contribution is 7.89. The Bertz CT molecular complexity index is 686. The highest BCUT2D eigenvalue weighted by atomic mass is 35.5. The first-order valence-electron chi connectivity index (χ1n) is 7.20. The minimum Gasteiger partial charge on any atom is -0.317 e. The Balaban J connectivity index is 0.00000264. The van der Waals surface area contributed by atoms with Gasteiger partial charge in [-0.05, 0) is 45.4 Å². The Hall–Kier alpha value is -1.22. The number of halogens is 1. The normalized spacial score (nSPS) is 16.8. The number of nitrogens with zero attached hydrogens (tertiary/aromatic N) is 2. The molecule has 0 unspecified atom stereocenters. The molecule has 1 N–H and O–H groups in total. The lowest BCUT2D eigenvalue weighted by atomic mass is 10.1. The summed E-state index contributed by atoms with van der Waals surface area (Å²) in [5.74, 6) is 0. The molecule has 9 heteroatoms. The van der Waals surface area contributed by atoms with Crippen molar-refractivity contribution in [1.29, 1.82) is 0 Å². The largest absolute Gasteiger partial charge is 0.317 e. The zero-order valence-electron chi connectivity index (χ0n) is 13.4. The van der Waals surface area contributed by atoms with E-state index in [-0.39, 0.29) is 23.0 Å². The molecule has 1 saturated heterocycles. The summed E-state index contributed by atoms with van der Waals surface area (Å²) in [4.78, 5) is 10.6. The van der Waals surface area contributed by atoms with Crippen LogP contribution in [0, 0.1) is 24.0 Å². The van der Waals surface area contributed by atoms with Crippen molar-refractivity contribution >= 4 is 28.1 Å². The van der Waals surface area contributed by atoms with Crippen molar-refractivity contribution in [2.45, 2.75) is 37.6 Å². The molecule has 130 valence electrons. The first-order chi connectivity index (χ1) is 10.3. The average Bonchev–Trinajstić information content (AvgIpc) is 2.46. The van der Waals surface area contributed by atoms with Crippen LogP contribution in [0.2, 0.25) is 0 Å². The first-order valence-corrected chi connectivity index (χ1v) is 8.64. The fourth-order valence-corrected chi connectivity index (χ4v) is 4.52. The van der Waals surface area contributed by atoms with E-state index in [0.717, 1.165) is 12.8 Å². The van der Waals surface area contributed by atoms with Gasteiger partial charge in [0.15, 0.2) is 0 Å². The maximum Gasteiger partial charge on any atom is 0.273 e. The van der Waals surface area contributed by atoms with Crippen LogP contribution in [0.25, 0.3) is 0 Å². The van der Waals surface area contributed by atoms with E-state index in [1.54, 1.807) is 19.9 Å². The van der Waals surface area contributed by atoms with Gasteiger partial charge in [-0.3, -0.25) is 10.1 Å². The van der Waals surface area contributed by atoms with Crippen LogP contribution in [0.4, 0.5) is 5.69 Å². The van der Waals surface area contributed by atoms with Gasteiger partial charge in [0.2, 0.25) is 10.0 Å². The fraction of sp³-hybridized carbons (Fsp3) is 0.571. The Morgan fingerprint density at radius 2 is 1.78 bits per heavy atom. The first kappa shape index (κ1) is 19.8. The number of rotatable bonds is 4. The molecule has 1 heterocycles. The number of piperidine rings is 1. The molecule has 0 atom stereocenters. The van der Waals surface area contributed by atoms with E-state index in [9.17, 15) is 18.5 Å². The number of sulfonamides is 1. The van der Waals surface area contributed by atoms with Crippen molar-refractivity contribution in [2.24, 2.45) is 0 Å². The van der Waals surface area contributed by atoms with E-state index in [1.165, 1.54) is 10.4 Å². The highest BCUT2D eigenvalue weighted by Crippen LogP contribution is 2.29. The molecular formula is C14H22ClN3O4S. The Morgan fingerprint density at radius 3 is 2.26 bits per heavy atom. The second-order valence-electron chi connectivity index (χ2n) is 5.63. The molecular weight excluding hydrogens is 342 g/mol. The minimum absolute atomic E-state index is 0. The molecule has 0 radical (unpaired) electrons. The minimum atomic E-state index is -3.70. The van der Waals surface area contributed by atoms with Gasteiger partial charge in [-0.15, -0.1) is 12.4 Å². The third kappa shape index (κ3) is 4.00. The van der Waals surface area contributed by atoms with Gasteiger partial charge in [0.05, 0.1) is 9.82 Å². The summed E-state index contributed by atoms with van der Waals surface area (Å²) in [6, 6.07) is 3.06. The summed E-state index contributed by atoms with van der Waals surface area (Å²) >= 11 is 0. The Morgan fingerprint density at radius 1 is 1.22 bits per heavy atom. The molecule has 0 amide bonds. The molecule has 0 aromatic heterocycles. The zero-order valence-corrected chi connectivity index (χ0v) is 15.0. The summed E-state index contributed by atoms with van der Waals surface area (Å²) in [7, 11) is -1.83. The number of hydrogen-bond donors (Lipinski definition) is 1. The van der Waals surface area contributed by atoms with Gasteiger partial charge in [-0.1, -0.05) is 0 Å². The van der Waals surface area contributed by atoms with Gasteiger partial charge in [-0.2, -0.15) is 4.31 Å². The number of benzene rings is 1. The molecule has 1 aromatic rings. The fourth-order valence-electron chi connectivity index (χ4n) is 2.82. The summed E-state index contributed by atoms with van der Waals surface area (Å²) in [6.07, 6.45) is 1.48. The monoisotopic (exact) mass is 363 g/mol. The van der Waals surface area contributed by atoms with Crippen molar-refractivity contribution in [3.05, 3.63) is 33.4 Å². The highest BCUT2D eigenvalue weighted by Gasteiger charge is 2.31. The number of nitro groups is 1. The molecule has 0 aliphatic carbocycles. The van der Waals surface area contributed by atoms with Crippen LogP contribution >= 0.6 is 12.4 Å². The topological polar surface area (TPSA) is 92.6 Å². The Labute approximate surface area is 142 Å². The molecule has 1 fully saturated rings. The van der Waals surface area contributed by atoms with Crippen LogP contribution < -0.4 is 5.32 Å². The van der Waals surface area contributed by atoms with Crippen LogP contribution in [0.5, 0.6) is 0 Å².